The molecule has 0 radical (unpaired) electrons. The number of amides is 2. The maximum atomic E-state index is 12.8. The lowest BCUT2D eigenvalue weighted by atomic mass is 10.2. The molecule has 2 aliphatic heterocycles. The van der Waals surface area contributed by atoms with Gasteiger partial charge in [-0.25, -0.2) is 0 Å². The smallest absolute Gasteiger partial charge is 0.261 e. The van der Waals surface area contributed by atoms with Gasteiger partial charge in [0.2, 0.25) is 5.91 Å². The molecule has 0 aliphatic carbocycles. The average Bonchev–Trinajstić information content (AvgIpc) is 3.19. The molecule has 0 spiro atoms. The van der Waals surface area contributed by atoms with Gasteiger partial charge in [0.15, 0.2) is 6.61 Å². The Morgan fingerprint density at radius 2 is 2.04 bits per heavy atom. The molecule has 2 saturated heterocycles. The summed E-state index contributed by atoms with van der Waals surface area (Å²) in [6.07, 6.45) is 0.671. The molecule has 2 heterocycles. The molecule has 0 unspecified atom stereocenters. The first-order valence-corrected chi connectivity index (χ1v) is 8.99. The Labute approximate surface area is 157 Å². The van der Waals surface area contributed by atoms with E-state index in [9.17, 15) is 9.59 Å². The van der Waals surface area contributed by atoms with Gasteiger partial charge in [0.1, 0.15) is 11.8 Å². The van der Waals surface area contributed by atoms with E-state index in [0.29, 0.717) is 23.7 Å². The number of para-hydroxylation sites is 1. The van der Waals surface area contributed by atoms with E-state index in [0.717, 1.165) is 11.3 Å². The Morgan fingerprint density at radius 3 is 2.77 bits per heavy atom. The number of ether oxygens (including phenoxy) is 1. The van der Waals surface area contributed by atoms with Crippen molar-refractivity contribution in [1.29, 1.82) is 0 Å². The third-order valence-corrected chi connectivity index (χ3v) is 5.27. The van der Waals surface area contributed by atoms with Crippen LogP contribution in [0.3, 0.4) is 0 Å². The van der Waals surface area contributed by atoms with Gasteiger partial charge in [-0.3, -0.25) is 9.59 Å². The zero-order valence-electron chi connectivity index (χ0n) is 14.4. The summed E-state index contributed by atoms with van der Waals surface area (Å²) in [7, 11) is 0. The van der Waals surface area contributed by atoms with Crippen molar-refractivity contribution in [2.24, 2.45) is 0 Å². The summed E-state index contributed by atoms with van der Waals surface area (Å²) in [5.74, 6) is 0.271. The number of carbonyl (C=O) groups excluding carboxylic acids is 2. The lowest BCUT2D eigenvalue weighted by molar-refractivity contribution is -0.139. The van der Waals surface area contributed by atoms with E-state index < -0.39 is 6.04 Å². The molecule has 2 amide bonds. The molecule has 0 N–H and O–H groups in total. The molecular weight excluding hydrogens is 352 g/mol. The standard InChI is InChI=1S/C20H19ClN2O3/c1-13-5-4-6-14(9-13)23-15-10-17(20(23)25)22(11-15)19(24)12-26-18-8-3-2-7-16(18)21/h2-9,15,17H,10-12H2,1H3/t15-,17-/m0/s1. The highest BCUT2D eigenvalue weighted by molar-refractivity contribution is 6.32. The van der Waals surface area contributed by atoms with Gasteiger partial charge in [-0.2, -0.15) is 0 Å². The fraction of sp³-hybridized carbons (Fsp3) is 0.300. The van der Waals surface area contributed by atoms with Gasteiger partial charge in [-0.15, -0.1) is 0 Å². The summed E-state index contributed by atoms with van der Waals surface area (Å²) in [6, 6.07) is 14.6. The largest absolute Gasteiger partial charge is 0.482 e. The van der Waals surface area contributed by atoms with Crippen LogP contribution in [0.5, 0.6) is 5.75 Å². The fourth-order valence-electron chi connectivity index (χ4n) is 3.75. The number of fused-ring (bicyclic) bond motifs is 2. The lowest BCUT2D eigenvalue weighted by Crippen LogP contribution is -2.53. The monoisotopic (exact) mass is 370 g/mol. The molecule has 2 aromatic carbocycles. The second kappa shape index (κ2) is 6.65. The number of hydrogen-bond donors (Lipinski definition) is 0. The highest BCUT2D eigenvalue weighted by Gasteiger charge is 2.51. The van der Waals surface area contributed by atoms with Gasteiger partial charge < -0.3 is 14.5 Å². The predicted octanol–water partition coefficient (Wildman–Crippen LogP) is 3.04. The first kappa shape index (κ1) is 16.9. The summed E-state index contributed by atoms with van der Waals surface area (Å²) in [4.78, 5) is 28.8. The van der Waals surface area contributed by atoms with Crippen molar-refractivity contribution in [3.8, 4) is 5.75 Å². The zero-order chi connectivity index (χ0) is 18.3. The number of aryl methyl sites for hydroxylation is 1. The predicted molar refractivity (Wildman–Crippen MR) is 99.5 cm³/mol. The summed E-state index contributed by atoms with van der Waals surface area (Å²) in [5.41, 5.74) is 2.01. The van der Waals surface area contributed by atoms with E-state index in [4.69, 9.17) is 16.3 Å². The first-order chi connectivity index (χ1) is 12.5. The van der Waals surface area contributed by atoms with Crippen LogP contribution in [-0.4, -0.2) is 41.9 Å². The van der Waals surface area contributed by atoms with E-state index in [1.807, 2.05) is 36.1 Å². The summed E-state index contributed by atoms with van der Waals surface area (Å²) in [6.45, 7) is 2.42. The molecule has 0 aromatic heterocycles. The van der Waals surface area contributed by atoms with Crippen LogP contribution >= 0.6 is 11.6 Å². The number of halogens is 1. The van der Waals surface area contributed by atoms with Crippen LogP contribution in [0.15, 0.2) is 48.5 Å². The summed E-state index contributed by atoms with van der Waals surface area (Å²) in [5, 5.41) is 0.463. The third-order valence-electron chi connectivity index (χ3n) is 4.95. The average molecular weight is 371 g/mol. The quantitative estimate of drug-likeness (QED) is 0.831. The highest BCUT2D eigenvalue weighted by Crippen LogP contribution is 2.36. The molecule has 0 saturated carbocycles. The Bertz CT molecular complexity index is 870. The van der Waals surface area contributed by atoms with Gasteiger partial charge in [0.25, 0.3) is 5.91 Å². The van der Waals surface area contributed by atoms with E-state index >= 15 is 0 Å². The molecule has 26 heavy (non-hydrogen) atoms. The second-order valence-corrected chi connectivity index (χ2v) is 7.12. The van der Waals surface area contributed by atoms with E-state index in [1.165, 1.54) is 0 Å². The van der Waals surface area contributed by atoms with Crippen LogP contribution in [0.1, 0.15) is 12.0 Å². The Hall–Kier alpha value is -2.53. The lowest BCUT2D eigenvalue weighted by Gasteiger charge is -2.34. The molecule has 2 aliphatic rings. The number of nitrogens with zero attached hydrogens (tertiary/aromatic N) is 2. The Balaban J connectivity index is 1.43. The maximum Gasteiger partial charge on any atom is 0.261 e. The number of likely N-dealkylation sites (tertiary alicyclic amines) is 1. The van der Waals surface area contributed by atoms with Crippen molar-refractivity contribution in [2.45, 2.75) is 25.4 Å². The molecule has 134 valence electrons. The Morgan fingerprint density at radius 1 is 1.23 bits per heavy atom. The number of carbonyl (C=O) groups is 2. The zero-order valence-corrected chi connectivity index (χ0v) is 15.1. The van der Waals surface area contributed by atoms with E-state index in [-0.39, 0.29) is 24.5 Å². The van der Waals surface area contributed by atoms with Crippen LogP contribution in [-0.2, 0) is 9.59 Å². The van der Waals surface area contributed by atoms with Crippen molar-refractivity contribution in [1.82, 2.24) is 4.90 Å². The number of benzene rings is 2. The SMILES string of the molecule is Cc1cccc(N2C(=O)[C@@H]3C[C@H]2CN3C(=O)COc2ccccc2Cl)c1. The molecular formula is C20H19ClN2O3. The van der Waals surface area contributed by atoms with Crippen molar-refractivity contribution in [3.63, 3.8) is 0 Å². The molecule has 2 bridgehead atoms. The van der Waals surface area contributed by atoms with E-state index in [1.54, 1.807) is 29.2 Å². The van der Waals surface area contributed by atoms with Gasteiger partial charge in [0.05, 0.1) is 11.1 Å². The third kappa shape index (κ3) is 2.92. The topological polar surface area (TPSA) is 49.9 Å². The maximum absolute atomic E-state index is 12.8. The normalized spacial score (nSPS) is 21.4. The fourth-order valence-corrected chi connectivity index (χ4v) is 3.94. The Kier molecular flexibility index (Phi) is 4.32. The van der Waals surface area contributed by atoms with Gasteiger partial charge in [0, 0.05) is 12.2 Å². The van der Waals surface area contributed by atoms with Gasteiger partial charge in [-0.1, -0.05) is 35.9 Å². The minimum absolute atomic E-state index is 0.0158. The highest BCUT2D eigenvalue weighted by atomic mass is 35.5. The number of piperazine rings is 1. The van der Waals surface area contributed by atoms with Gasteiger partial charge >= 0.3 is 0 Å². The van der Waals surface area contributed by atoms with Crippen molar-refractivity contribution < 1.29 is 14.3 Å². The molecule has 2 fully saturated rings. The van der Waals surface area contributed by atoms with Crippen molar-refractivity contribution >= 4 is 29.1 Å². The van der Waals surface area contributed by atoms with Crippen LogP contribution in [0.2, 0.25) is 5.02 Å². The minimum Gasteiger partial charge on any atom is -0.482 e. The second-order valence-electron chi connectivity index (χ2n) is 6.72. The summed E-state index contributed by atoms with van der Waals surface area (Å²) >= 11 is 6.04. The van der Waals surface area contributed by atoms with Crippen molar-refractivity contribution in [2.75, 3.05) is 18.1 Å². The van der Waals surface area contributed by atoms with Crippen LogP contribution in [0.25, 0.3) is 0 Å². The van der Waals surface area contributed by atoms with Crippen LogP contribution < -0.4 is 9.64 Å². The minimum atomic E-state index is -0.400. The molecule has 2 aromatic rings. The van der Waals surface area contributed by atoms with E-state index in [2.05, 4.69) is 0 Å². The number of anilines is 1. The number of rotatable bonds is 4. The van der Waals surface area contributed by atoms with Crippen molar-refractivity contribution in [3.05, 3.63) is 59.1 Å². The van der Waals surface area contributed by atoms with Gasteiger partial charge in [-0.05, 0) is 43.2 Å². The first-order valence-electron chi connectivity index (χ1n) is 8.61. The molecule has 4 rings (SSSR count). The van der Waals surface area contributed by atoms with Crippen LogP contribution in [0, 0.1) is 6.92 Å². The molecule has 6 heteroatoms. The summed E-state index contributed by atoms with van der Waals surface area (Å²) < 4.78 is 5.53. The van der Waals surface area contributed by atoms with Crippen LogP contribution in [0.4, 0.5) is 5.69 Å². The molecule has 2 atom stereocenters. The molecule has 5 nitrogen and oxygen atoms in total. The number of hydrogen-bond acceptors (Lipinski definition) is 3.